The van der Waals surface area contributed by atoms with Crippen LogP contribution in [0, 0.1) is 0 Å². The number of carbonyl (C=O) groups is 1. The van der Waals surface area contributed by atoms with Gasteiger partial charge >= 0.3 is 0 Å². The lowest BCUT2D eigenvalue weighted by Crippen LogP contribution is -2.33. The van der Waals surface area contributed by atoms with Gasteiger partial charge in [0.25, 0.3) is 0 Å². The summed E-state index contributed by atoms with van der Waals surface area (Å²) in [6, 6.07) is 24.6. The molecule has 3 nitrogen and oxygen atoms in total. The van der Waals surface area contributed by atoms with E-state index in [4.69, 9.17) is 4.42 Å². The predicted octanol–water partition coefficient (Wildman–Crippen LogP) is 5.82. The fourth-order valence-corrected chi connectivity index (χ4v) is 4.03. The molecule has 2 aromatic carbocycles. The monoisotopic (exact) mass is 401 g/mol. The smallest absolute Gasteiger partial charge is 0.227 e. The van der Waals surface area contributed by atoms with Crippen molar-refractivity contribution < 1.29 is 9.21 Å². The van der Waals surface area contributed by atoms with Gasteiger partial charge in [-0.25, -0.2) is 0 Å². The molecular formula is C25H23NO2S. The number of hydrogen-bond acceptors (Lipinski definition) is 3. The number of furan rings is 1. The first-order valence-corrected chi connectivity index (χ1v) is 10.6. The van der Waals surface area contributed by atoms with Crippen molar-refractivity contribution in [2.75, 3.05) is 6.54 Å². The average molecular weight is 402 g/mol. The molecule has 0 bridgehead atoms. The fourth-order valence-electron chi connectivity index (χ4n) is 3.33. The highest BCUT2D eigenvalue weighted by atomic mass is 32.1. The first-order valence-electron chi connectivity index (χ1n) is 9.73. The molecule has 0 N–H and O–H groups in total. The van der Waals surface area contributed by atoms with Crippen LogP contribution >= 0.6 is 11.3 Å². The van der Waals surface area contributed by atoms with Gasteiger partial charge in [0.15, 0.2) is 0 Å². The van der Waals surface area contributed by atoms with E-state index in [1.807, 2.05) is 29.2 Å². The lowest BCUT2D eigenvalue weighted by molar-refractivity contribution is -0.131. The predicted molar refractivity (Wildman–Crippen MR) is 118 cm³/mol. The van der Waals surface area contributed by atoms with Crippen LogP contribution in [-0.2, 0) is 24.2 Å². The van der Waals surface area contributed by atoms with Gasteiger partial charge in [-0.3, -0.25) is 4.79 Å². The van der Waals surface area contributed by atoms with E-state index in [0.29, 0.717) is 19.5 Å². The third-order valence-electron chi connectivity index (χ3n) is 4.93. The molecule has 4 aromatic rings. The van der Waals surface area contributed by atoms with Gasteiger partial charge in [0.05, 0.1) is 18.9 Å². The van der Waals surface area contributed by atoms with Crippen LogP contribution in [0.5, 0.6) is 0 Å². The van der Waals surface area contributed by atoms with Crippen LogP contribution in [0.4, 0.5) is 0 Å². The second-order valence-electron chi connectivity index (χ2n) is 7.02. The Morgan fingerprint density at radius 1 is 0.862 bits per heavy atom. The standard InChI is InChI=1S/C25H23NO2S/c27-25(17-20-8-10-23(11-9-20)22-5-2-1-3-6-22)26(18-21-13-15-28-19-21)14-12-24-7-4-16-29-24/h1-11,13,15-16,19H,12,14,17-18H2. The zero-order valence-electron chi connectivity index (χ0n) is 16.2. The molecule has 1 amide bonds. The van der Waals surface area contributed by atoms with Crippen LogP contribution < -0.4 is 0 Å². The van der Waals surface area contributed by atoms with Gasteiger partial charge in [0, 0.05) is 23.5 Å². The number of thiophene rings is 1. The number of hydrogen-bond donors (Lipinski definition) is 0. The Morgan fingerprint density at radius 3 is 2.34 bits per heavy atom. The molecule has 0 saturated heterocycles. The summed E-state index contributed by atoms with van der Waals surface area (Å²) < 4.78 is 5.18. The Balaban J connectivity index is 1.43. The zero-order valence-corrected chi connectivity index (χ0v) is 17.0. The Bertz CT molecular complexity index is 1010. The largest absolute Gasteiger partial charge is 0.472 e. The number of nitrogens with zero attached hydrogens (tertiary/aromatic N) is 1. The van der Waals surface area contributed by atoms with Gasteiger partial charge in [0.1, 0.15) is 0 Å². The highest BCUT2D eigenvalue weighted by molar-refractivity contribution is 7.09. The molecule has 0 aliphatic heterocycles. The van der Waals surface area contributed by atoms with E-state index in [9.17, 15) is 4.79 Å². The van der Waals surface area contributed by atoms with Crippen molar-refractivity contribution in [3.63, 3.8) is 0 Å². The molecular weight excluding hydrogens is 378 g/mol. The van der Waals surface area contributed by atoms with Gasteiger partial charge in [-0.05, 0) is 40.6 Å². The maximum absolute atomic E-state index is 13.1. The van der Waals surface area contributed by atoms with Crippen LogP contribution in [0.25, 0.3) is 11.1 Å². The summed E-state index contributed by atoms with van der Waals surface area (Å²) in [5, 5.41) is 2.08. The first kappa shape index (κ1) is 19.2. The number of rotatable bonds is 8. The molecule has 0 saturated carbocycles. The first-order chi connectivity index (χ1) is 14.3. The Morgan fingerprint density at radius 2 is 1.66 bits per heavy atom. The van der Waals surface area contributed by atoms with E-state index in [-0.39, 0.29) is 5.91 Å². The molecule has 2 aromatic heterocycles. The molecule has 4 heteroatoms. The summed E-state index contributed by atoms with van der Waals surface area (Å²) in [5.41, 5.74) is 4.39. The molecule has 2 heterocycles. The summed E-state index contributed by atoms with van der Waals surface area (Å²) in [6.07, 6.45) is 4.63. The highest BCUT2D eigenvalue weighted by Crippen LogP contribution is 2.20. The normalized spacial score (nSPS) is 10.8. The Hall–Kier alpha value is -3.11. The average Bonchev–Trinajstić information content (AvgIpc) is 3.46. The second-order valence-corrected chi connectivity index (χ2v) is 8.05. The second kappa shape index (κ2) is 9.39. The minimum absolute atomic E-state index is 0.134. The van der Waals surface area contributed by atoms with Crippen LogP contribution in [0.15, 0.2) is 95.1 Å². The van der Waals surface area contributed by atoms with E-state index in [0.717, 1.165) is 23.1 Å². The number of amides is 1. The van der Waals surface area contributed by atoms with Crippen LogP contribution in [0.1, 0.15) is 16.0 Å². The zero-order chi connectivity index (χ0) is 19.9. The summed E-state index contributed by atoms with van der Waals surface area (Å²) in [7, 11) is 0. The van der Waals surface area contributed by atoms with Gasteiger partial charge in [-0.15, -0.1) is 11.3 Å². The van der Waals surface area contributed by atoms with E-state index in [2.05, 4.69) is 53.9 Å². The summed E-state index contributed by atoms with van der Waals surface area (Å²) in [6.45, 7) is 1.27. The van der Waals surface area contributed by atoms with Gasteiger partial charge in [-0.1, -0.05) is 60.7 Å². The Labute approximate surface area is 175 Å². The molecule has 146 valence electrons. The third kappa shape index (κ3) is 5.24. The maximum atomic E-state index is 13.1. The molecule has 0 aliphatic carbocycles. The van der Waals surface area contributed by atoms with Gasteiger partial charge in [-0.2, -0.15) is 0 Å². The Kier molecular flexibility index (Phi) is 6.22. The van der Waals surface area contributed by atoms with Crippen molar-refractivity contribution in [1.82, 2.24) is 4.90 Å². The third-order valence-corrected chi connectivity index (χ3v) is 5.87. The van der Waals surface area contributed by atoms with Crippen molar-refractivity contribution in [3.05, 3.63) is 107 Å². The van der Waals surface area contributed by atoms with Crippen LogP contribution in [0.2, 0.25) is 0 Å². The lowest BCUT2D eigenvalue weighted by Gasteiger charge is -2.22. The quantitative estimate of drug-likeness (QED) is 0.373. The number of carbonyl (C=O) groups excluding carboxylic acids is 1. The topological polar surface area (TPSA) is 33.5 Å². The van der Waals surface area contributed by atoms with E-state index in [1.165, 1.54) is 10.4 Å². The molecule has 29 heavy (non-hydrogen) atoms. The summed E-state index contributed by atoms with van der Waals surface area (Å²) >= 11 is 1.73. The summed E-state index contributed by atoms with van der Waals surface area (Å²) in [4.78, 5) is 16.3. The van der Waals surface area contributed by atoms with Crippen molar-refractivity contribution in [2.45, 2.75) is 19.4 Å². The van der Waals surface area contributed by atoms with Crippen molar-refractivity contribution in [1.29, 1.82) is 0 Å². The van der Waals surface area contributed by atoms with Crippen molar-refractivity contribution >= 4 is 17.2 Å². The molecule has 0 atom stereocenters. The molecule has 0 radical (unpaired) electrons. The number of benzene rings is 2. The lowest BCUT2D eigenvalue weighted by atomic mass is 10.0. The van der Waals surface area contributed by atoms with Gasteiger partial charge < -0.3 is 9.32 Å². The van der Waals surface area contributed by atoms with E-state index in [1.54, 1.807) is 23.9 Å². The molecule has 0 spiro atoms. The van der Waals surface area contributed by atoms with Crippen molar-refractivity contribution in [2.24, 2.45) is 0 Å². The summed E-state index contributed by atoms with van der Waals surface area (Å²) in [5.74, 6) is 0.134. The molecule has 0 aliphatic rings. The van der Waals surface area contributed by atoms with Gasteiger partial charge in [0.2, 0.25) is 5.91 Å². The van der Waals surface area contributed by atoms with Crippen LogP contribution in [0.3, 0.4) is 0 Å². The molecule has 0 unspecified atom stereocenters. The van der Waals surface area contributed by atoms with Crippen LogP contribution in [-0.4, -0.2) is 17.4 Å². The minimum atomic E-state index is 0.134. The minimum Gasteiger partial charge on any atom is -0.472 e. The van der Waals surface area contributed by atoms with Crippen molar-refractivity contribution in [3.8, 4) is 11.1 Å². The molecule has 0 fully saturated rings. The highest BCUT2D eigenvalue weighted by Gasteiger charge is 2.16. The molecule has 4 rings (SSSR count). The van der Waals surface area contributed by atoms with E-state index < -0.39 is 0 Å². The van der Waals surface area contributed by atoms with E-state index >= 15 is 0 Å². The fraction of sp³-hybridized carbons (Fsp3) is 0.160. The maximum Gasteiger partial charge on any atom is 0.227 e. The SMILES string of the molecule is O=C(Cc1ccc(-c2ccccc2)cc1)N(CCc1cccs1)Cc1ccoc1.